The van der Waals surface area contributed by atoms with Crippen molar-refractivity contribution < 1.29 is 4.39 Å². The predicted molar refractivity (Wildman–Crippen MR) is 152 cm³/mol. The highest BCUT2D eigenvalue weighted by Gasteiger charge is 2.19. The molecule has 2 N–H and O–H groups in total. The van der Waals surface area contributed by atoms with Gasteiger partial charge in [-0.1, -0.05) is 18.2 Å². The highest BCUT2D eigenvalue weighted by molar-refractivity contribution is 9.12. The van der Waals surface area contributed by atoms with E-state index in [2.05, 4.69) is 63.5 Å². The van der Waals surface area contributed by atoms with Gasteiger partial charge in [0.2, 0.25) is 0 Å². The standard InChI is InChI=1S/C27H35BrFN7/c1-5-24(22-8-6-7-9-23(22)29)34-20(2)25(28)26(30-3)27(31-4)33-14-15-35-16-18-36(19-17-35)21-10-12-32-13-11-21/h5-13,34H,14-19H2,1-4H3,(H,31,33)/b24-5-,25-20-,30-26?. The quantitative estimate of drug-likeness (QED) is 0.356. The van der Waals surface area contributed by atoms with E-state index in [1.54, 1.807) is 26.2 Å². The van der Waals surface area contributed by atoms with Crippen LogP contribution < -0.4 is 15.5 Å². The van der Waals surface area contributed by atoms with Gasteiger partial charge in [0.25, 0.3) is 0 Å². The Morgan fingerprint density at radius 3 is 2.39 bits per heavy atom. The van der Waals surface area contributed by atoms with Gasteiger partial charge >= 0.3 is 0 Å². The molecule has 0 unspecified atom stereocenters. The summed E-state index contributed by atoms with van der Waals surface area (Å²) in [6, 6.07) is 10.8. The SMILES string of the molecule is C/C=C(\N/C(C)=C(\Br)C(=NC)C(=NC)NCCN1CCN(c2ccncc2)CC1)c1ccccc1F. The smallest absolute Gasteiger partial charge is 0.147 e. The lowest BCUT2D eigenvalue weighted by Crippen LogP contribution is -2.49. The average molecular weight is 557 g/mol. The largest absolute Gasteiger partial charge is 0.369 e. The first-order valence-electron chi connectivity index (χ1n) is 12.1. The molecule has 192 valence electrons. The predicted octanol–water partition coefficient (Wildman–Crippen LogP) is 4.31. The molecule has 0 atom stereocenters. The fraction of sp³-hybridized carbons (Fsp3) is 0.370. The van der Waals surface area contributed by atoms with Crippen LogP contribution in [0.5, 0.6) is 0 Å². The third-order valence-electron chi connectivity index (χ3n) is 6.10. The first kappa shape index (κ1) is 27.5. The maximum atomic E-state index is 14.3. The number of nitrogens with zero attached hydrogens (tertiary/aromatic N) is 5. The summed E-state index contributed by atoms with van der Waals surface area (Å²) in [5.74, 6) is 0.430. The highest BCUT2D eigenvalue weighted by atomic mass is 79.9. The summed E-state index contributed by atoms with van der Waals surface area (Å²) in [7, 11) is 3.49. The number of halogens is 2. The third-order valence-corrected chi connectivity index (χ3v) is 7.07. The van der Waals surface area contributed by atoms with Gasteiger partial charge in [0.1, 0.15) is 17.4 Å². The molecule has 36 heavy (non-hydrogen) atoms. The van der Waals surface area contributed by atoms with E-state index >= 15 is 0 Å². The summed E-state index contributed by atoms with van der Waals surface area (Å²) >= 11 is 3.68. The normalized spacial score (nSPS) is 16.6. The molecule has 2 heterocycles. The molecule has 9 heteroatoms. The fourth-order valence-electron chi connectivity index (χ4n) is 4.10. The fourth-order valence-corrected chi connectivity index (χ4v) is 4.57. The van der Waals surface area contributed by atoms with Crippen molar-refractivity contribution in [2.45, 2.75) is 13.8 Å². The van der Waals surface area contributed by atoms with E-state index in [-0.39, 0.29) is 5.82 Å². The van der Waals surface area contributed by atoms with Gasteiger partial charge < -0.3 is 15.5 Å². The molecule has 1 aliphatic heterocycles. The van der Waals surface area contributed by atoms with E-state index in [4.69, 9.17) is 0 Å². The highest BCUT2D eigenvalue weighted by Crippen LogP contribution is 2.20. The molecule has 3 rings (SSSR count). The Hall–Kier alpha value is -3.04. The minimum absolute atomic E-state index is 0.273. The number of amidine groups is 1. The minimum Gasteiger partial charge on any atom is -0.369 e. The molecule has 0 spiro atoms. The Balaban J connectivity index is 1.56. The van der Waals surface area contributed by atoms with E-state index in [0.717, 1.165) is 49.4 Å². The molecule has 1 aromatic carbocycles. The van der Waals surface area contributed by atoms with E-state index in [0.29, 0.717) is 22.8 Å². The molecule has 0 radical (unpaired) electrons. The molecule has 0 amide bonds. The Kier molecular flexibility index (Phi) is 10.6. The monoisotopic (exact) mass is 555 g/mol. The summed E-state index contributed by atoms with van der Waals surface area (Å²) in [5.41, 5.74) is 3.94. The zero-order valence-corrected chi connectivity index (χ0v) is 23.0. The van der Waals surface area contributed by atoms with Crippen molar-refractivity contribution in [3.05, 3.63) is 76.4 Å². The summed E-state index contributed by atoms with van der Waals surface area (Å²) in [4.78, 5) is 17.9. The van der Waals surface area contributed by atoms with Crippen molar-refractivity contribution >= 4 is 38.9 Å². The minimum atomic E-state index is -0.273. The Labute approximate surface area is 222 Å². The molecule has 0 aliphatic carbocycles. The lowest BCUT2D eigenvalue weighted by atomic mass is 10.1. The number of pyridine rings is 1. The second-order valence-electron chi connectivity index (χ2n) is 8.35. The molecule has 1 aliphatic rings. The Bertz CT molecular complexity index is 1120. The molecule has 1 saturated heterocycles. The number of hydrogen-bond donors (Lipinski definition) is 2. The van der Waals surface area contributed by atoms with Crippen molar-refractivity contribution in [2.24, 2.45) is 9.98 Å². The zero-order valence-electron chi connectivity index (χ0n) is 21.4. The van der Waals surface area contributed by atoms with Crippen LogP contribution >= 0.6 is 15.9 Å². The lowest BCUT2D eigenvalue weighted by molar-refractivity contribution is 0.262. The Morgan fingerprint density at radius 1 is 1.08 bits per heavy atom. The molecule has 1 aromatic heterocycles. The third kappa shape index (κ3) is 7.24. The van der Waals surface area contributed by atoms with Crippen LogP contribution in [0.25, 0.3) is 5.70 Å². The van der Waals surface area contributed by atoms with Crippen molar-refractivity contribution in [1.82, 2.24) is 20.5 Å². The first-order chi connectivity index (χ1) is 17.5. The molecular weight excluding hydrogens is 521 g/mol. The van der Waals surface area contributed by atoms with Gasteiger partial charge in [-0.25, -0.2) is 4.39 Å². The molecule has 1 fully saturated rings. The number of anilines is 1. The van der Waals surface area contributed by atoms with Crippen molar-refractivity contribution in [1.29, 1.82) is 0 Å². The van der Waals surface area contributed by atoms with Gasteiger partial charge in [0, 0.05) is 88.4 Å². The van der Waals surface area contributed by atoms with Crippen LogP contribution in [0.1, 0.15) is 19.4 Å². The number of hydrogen-bond acceptors (Lipinski definition) is 6. The van der Waals surface area contributed by atoms with Crippen LogP contribution in [0.3, 0.4) is 0 Å². The van der Waals surface area contributed by atoms with Crippen LogP contribution in [0.2, 0.25) is 0 Å². The maximum Gasteiger partial charge on any atom is 0.147 e. The second kappa shape index (κ2) is 13.9. The first-order valence-corrected chi connectivity index (χ1v) is 12.9. The van der Waals surface area contributed by atoms with Crippen molar-refractivity contribution in [3.8, 4) is 0 Å². The van der Waals surface area contributed by atoms with Crippen molar-refractivity contribution in [2.75, 3.05) is 58.3 Å². The maximum absolute atomic E-state index is 14.3. The Morgan fingerprint density at radius 2 is 1.78 bits per heavy atom. The number of piperazine rings is 1. The molecule has 7 nitrogen and oxygen atoms in total. The number of nitrogens with one attached hydrogen (secondary N) is 2. The summed E-state index contributed by atoms with van der Waals surface area (Å²) in [5, 5.41) is 6.76. The van der Waals surface area contributed by atoms with E-state index in [1.807, 2.05) is 38.4 Å². The molecule has 2 aromatic rings. The average Bonchev–Trinajstić information content (AvgIpc) is 2.92. The van der Waals surface area contributed by atoms with Gasteiger partial charge in [0.15, 0.2) is 0 Å². The lowest BCUT2D eigenvalue weighted by Gasteiger charge is -2.36. The number of aromatic nitrogens is 1. The van der Waals surface area contributed by atoms with Gasteiger partial charge in [-0.05, 0) is 54.0 Å². The summed E-state index contributed by atoms with van der Waals surface area (Å²) < 4.78 is 15.1. The van der Waals surface area contributed by atoms with Gasteiger partial charge in [0.05, 0.1) is 4.48 Å². The number of rotatable bonds is 9. The van der Waals surface area contributed by atoms with Gasteiger partial charge in [-0.15, -0.1) is 0 Å². The molecular formula is C27H35BrFN7. The van der Waals surface area contributed by atoms with Crippen molar-refractivity contribution in [3.63, 3.8) is 0 Å². The van der Waals surface area contributed by atoms with Crippen LogP contribution in [-0.4, -0.2) is 74.8 Å². The number of aliphatic imine (C=N–C) groups is 2. The number of allylic oxidation sites excluding steroid dienone is 2. The van der Waals surface area contributed by atoms with Crippen LogP contribution in [-0.2, 0) is 0 Å². The van der Waals surface area contributed by atoms with Crippen LogP contribution in [0, 0.1) is 5.82 Å². The van der Waals surface area contributed by atoms with E-state index in [1.165, 1.54) is 11.8 Å². The van der Waals surface area contributed by atoms with Gasteiger partial charge in [-0.3, -0.25) is 19.9 Å². The molecule has 0 bridgehead atoms. The van der Waals surface area contributed by atoms with Gasteiger partial charge in [-0.2, -0.15) is 0 Å². The molecule has 0 saturated carbocycles. The second-order valence-corrected chi connectivity index (χ2v) is 9.14. The van der Waals surface area contributed by atoms with Crippen LogP contribution in [0.4, 0.5) is 10.1 Å². The topological polar surface area (TPSA) is 68.2 Å². The van der Waals surface area contributed by atoms with E-state index in [9.17, 15) is 4.39 Å². The summed E-state index contributed by atoms with van der Waals surface area (Å²) in [6.07, 6.45) is 5.53. The van der Waals surface area contributed by atoms with Crippen LogP contribution in [0.15, 0.2) is 75.0 Å². The summed E-state index contributed by atoms with van der Waals surface area (Å²) in [6.45, 7) is 9.47. The zero-order chi connectivity index (χ0) is 25.9. The number of benzene rings is 1. The van der Waals surface area contributed by atoms with E-state index < -0.39 is 0 Å².